The lowest BCUT2D eigenvalue weighted by atomic mass is 9.57. The number of aliphatic hydroxyl groups is 1. The number of benzene rings is 1. The van der Waals surface area contributed by atoms with E-state index in [1.807, 2.05) is 0 Å². The van der Waals surface area contributed by atoms with E-state index in [0.29, 0.717) is 5.57 Å². The number of allylic oxidation sites excluding steroid dienone is 2. The maximum Gasteiger partial charge on any atom is 0.271 e. The van der Waals surface area contributed by atoms with Gasteiger partial charge in [-0.3, -0.25) is 34.2 Å². The minimum Gasteiger partial charge on any atom is -0.463 e. The minimum atomic E-state index is -2.01. The molecule has 40 heavy (non-hydrogen) atoms. The number of carbonyl (C=O) groups is 4. The number of hydrogen-bond donors (Lipinski definition) is 1. The molecule has 11 nitrogen and oxygen atoms in total. The Morgan fingerprint density at radius 1 is 1.10 bits per heavy atom. The van der Waals surface area contributed by atoms with Crippen LogP contribution in [0.25, 0.3) is 0 Å². The lowest BCUT2D eigenvalue weighted by Gasteiger charge is -2.49. The lowest BCUT2D eigenvalue weighted by molar-refractivity contribution is -0.384. The number of nitro benzene ring substituents is 1. The molecule has 2 aliphatic heterocycles. The van der Waals surface area contributed by atoms with Gasteiger partial charge in [-0.2, -0.15) is 0 Å². The van der Waals surface area contributed by atoms with Gasteiger partial charge in [0.1, 0.15) is 18.1 Å². The maximum atomic E-state index is 13.9. The van der Waals surface area contributed by atoms with Gasteiger partial charge in [0, 0.05) is 12.1 Å². The maximum absolute atomic E-state index is 13.9. The van der Waals surface area contributed by atoms with Crippen LogP contribution in [-0.2, 0) is 25.8 Å². The summed E-state index contributed by atoms with van der Waals surface area (Å²) in [5.41, 5.74) is 0.161. The fourth-order valence-electron chi connectivity index (χ4n) is 6.70. The zero-order chi connectivity index (χ0) is 28.7. The fourth-order valence-corrected chi connectivity index (χ4v) is 8.11. The van der Waals surface area contributed by atoms with E-state index in [0.717, 1.165) is 15.9 Å². The number of halogens is 3. The Hall–Kier alpha value is -3.06. The summed E-state index contributed by atoms with van der Waals surface area (Å²) in [5.74, 6) is -5.82. The largest absolute Gasteiger partial charge is 0.463 e. The first-order chi connectivity index (χ1) is 19.0. The van der Waals surface area contributed by atoms with Crippen molar-refractivity contribution in [3.05, 3.63) is 69.7 Å². The summed E-state index contributed by atoms with van der Waals surface area (Å²) in [5, 5.41) is 20.9. The Bertz CT molecular complexity index is 1540. The number of alkyl halides is 3. The molecule has 4 aliphatic rings. The molecule has 1 N–H and O–H groups in total. The van der Waals surface area contributed by atoms with Gasteiger partial charge >= 0.3 is 0 Å². The molecule has 1 saturated carbocycles. The van der Waals surface area contributed by atoms with Crippen LogP contribution in [0.1, 0.15) is 30.3 Å². The van der Waals surface area contributed by atoms with Crippen molar-refractivity contribution < 1.29 is 33.6 Å². The number of imide groups is 2. The van der Waals surface area contributed by atoms with Crippen molar-refractivity contribution in [1.82, 2.24) is 4.90 Å². The Kier molecular flexibility index (Phi) is 6.26. The van der Waals surface area contributed by atoms with E-state index in [2.05, 4.69) is 15.9 Å². The number of nitrogens with zero attached hydrogens (tertiary/aromatic N) is 3. The summed E-state index contributed by atoms with van der Waals surface area (Å²) < 4.78 is 5.82. The van der Waals surface area contributed by atoms with Crippen LogP contribution in [0.4, 0.5) is 11.4 Å². The van der Waals surface area contributed by atoms with Crippen molar-refractivity contribution in [2.75, 3.05) is 10.4 Å². The molecule has 2 aromatic rings. The third-order valence-electron chi connectivity index (χ3n) is 8.44. The molecule has 6 rings (SSSR count). The van der Waals surface area contributed by atoms with Crippen molar-refractivity contribution in [2.45, 2.75) is 35.1 Å². The molecule has 6 atom stereocenters. The van der Waals surface area contributed by atoms with Crippen molar-refractivity contribution in [1.29, 1.82) is 0 Å². The lowest BCUT2D eigenvalue weighted by Crippen LogP contribution is -2.60. The van der Waals surface area contributed by atoms with E-state index in [1.54, 1.807) is 12.1 Å². The number of fused-ring (bicyclic) bond motifs is 4. The van der Waals surface area contributed by atoms with E-state index < -0.39 is 68.6 Å². The number of likely N-dealkylation sites (tertiary alicyclic amines) is 1. The average molecular weight is 653 g/mol. The van der Waals surface area contributed by atoms with Gasteiger partial charge in [-0.25, -0.2) is 4.90 Å². The van der Waals surface area contributed by atoms with E-state index in [-0.39, 0.29) is 41.2 Å². The van der Waals surface area contributed by atoms with E-state index in [4.69, 9.17) is 27.6 Å². The number of rotatable bonds is 5. The predicted octanol–water partition coefficient (Wildman–Crippen LogP) is 3.60. The van der Waals surface area contributed by atoms with Crippen LogP contribution < -0.4 is 4.90 Å². The van der Waals surface area contributed by atoms with Gasteiger partial charge in [0.2, 0.25) is 11.8 Å². The summed E-state index contributed by atoms with van der Waals surface area (Å²) in [4.78, 5) is 63.3. The summed E-state index contributed by atoms with van der Waals surface area (Å²) >= 11 is 17.3. The molecular weight excluding hydrogens is 633 g/mol. The molecule has 2 aliphatic carbocycles. The van der Waals surface area contributed by atoms with Crippen LogP contribution in [-0.4, -0.2) is 53.8 Å². The summed E-state index contributed by atoms with van der Waals surface area (Å²) in [6.45, 7) is -0.424. The topological polar surface area (TPSA) is 151 Å². The Morgan fingerprint density at radius 3 is 2.50 bits per heavy atom. The number of anilines is 1. The highest BCUT2D eigenvalue weighted by Crippen LogP contribution is 2.65. The number of hydrogen-bond acceptors (Lipinski definition) is 8. The third kappa shape index (κ3) is 3.39. The first-order valence-corrected chi connectivity index (χ1v) is 14.2. The first-order valence-electron chi connectivity index (χ1n) is 12.3. The predicted molar refractivity (Wildman–Crippen MR) is 144 cm³/mol. The van der Waals surface area contributed by atoms with Crippen LogP contribution in [0.5, 0.6) is 0 Å². The minimum absolute atomic E-state index is 0.0657. The molecule has 0 radical (unpaired) electrons. The quantitative estimate of drug-likeness (QED) is 0.129. The van der Waals surface area contributed by atoms with Gasteiger partial charge in [0.15, 0.2) is 9.75 Å². The van der Waals surface area contributed by atoms with Crippen molar-refractivity contribution >= 4 is 74.1 Å². The Labute approximate surface area is 244 Å². The summed E-state index contributed by atoms with van der Waals surface area (Å²) in [6, 6.07) is 8.30. The molecule has 3 fully saturated rings. The van der Waals surface area contributed by atoms with Crippen LogP contribution in [0.15, 0.2) is 52.5 Å². The zero-order valence-corrected chi connectivity index (χ0v) is 23.6. The molecule has 1 aromatic heterocycles. The molecule has 208 valence electrons. The van der Waals surface area contributed by atoms with E-state index in [1.165, 1.54) is 24.3 Å². The van der Waals surface area contributed by atoms with Crippen molar-refractivity contribution in [3.8, 4) is 0 Å². The molecule has 0 unspecified atom stereocenters. The van der Waals surface area contributed by atoms with Gasteiger partial charge in [0.25, 0.3) is 17.5 Å². The first kappa shape index (κ1) is 27.1. The Balaban J connectivity index is 1.49. The number of carbonyl (C=O) groups excluding carboxylic acids is 4. The molecule has 0 spiro atoms. The van der Waals surface area contributed by atoms with E-state index >= 15 is 0 Å². The number of non-ortho nitro benzene ring substituents is 1. The van der Waals surface area contributed by atoms with E-state index in [9.17, 15) is 34.4 Å². The second-order valence-electron chi connectivity index (χ2n) is 10.2. The number of nitro groups is 1. The second kappa shape index (κ2) is 9.23. The number of aliphatic hydroxyl groups excluding tert-OH is 1. The van der Waals surface area contributed by atoms with Crippen LogP contribution in [0, 0.1) is 27.9 Å². The van der Waals surface area contributed by atoms with Gasteiger partial charge in [-0.05, 0) is 37.0 Å². The van der Waals surface area contributed by atoms with Crippen LogP contribution in [0.3, 0.4) is 0 Å². The average Bonchev–Trinajstić information content (AvgIpc) is 3.55. The molecule has 0 bridgehead atoms. The SMILES string of the molecule is O=C1[C@H]2[C@H](CC=C3[C@H]2C[C@@]2(Cl)C(=O)N(CBr)C(=O)[C@@]2(Cl)[C@H]3c2ccc(CO)o2)C(=O)N1c1cccc([N+](=O)[O-])c1. The normalized spacial score (nSPS) is 33.1. The zero-order valence-electron chi connectivity index (χ0n) is 20.5. The van der Waals surface area contributed by atoms with Crippen LogP contribution in [0.2, 0.25) is 0 Å². The molecule has 4 amide bonds. The standard InChI is InChI=1S/C26H20BrCl2N3O8/c27-11-30-23(36)25(28)9-17-15(20(26(25,29)24(30)37)18-7-4-14(10-33)40-18)5-6-16-19(17)22(35)31(21(16)34)12-2-1-3-13(8-12)32(38)39/h1-5,7-8,16-17,19-20,33H,6,9-11H2/t16-,17+,19-,20+,25+,26-/m0/s1. The number of furan rings is 1. The van der Waals surface area contributed by atoms with Gasteiger partial charge in [0.05, 0.1) is 33.8 Å². The van der Waals surface area contributed by atoms with Gasteiger partial charge in [-0.15, -0.1) is 23.2 Å². The van der Waals surface area contributed by atoms with Crippen LogP contribution >= 0.6 is 39.1 Å². The molecule has 3 heterocycles. The van der Waals surface area contributed by atoms with Crippen molar-refractivity contribution in [2.24, 2.45) is 17.8 Å². The number of amides is 4. The van der Waals surface area contributed by atoms with Crippen molar-refractivity contribution in [3.63, 3.8) is 0 Å². The molecule has 2 saturated heterocycles. The highest BCUT2D eigenvalue weighted by Gasteiger charge is 2.76. The molecule has 1 aromatic carbocycles. The fraction of sp³-hybridized carbons (Fsp3) is 0.385. The highest BCUT2D eigenvalue weighted by atomic mass is 79.9. The smallest absolute Gasteiger partial charge is 0.271 e. The molecular formula is C26H20BrCl2N3O8. The monoisotopic (exact) mass is 651 g/mol. The molecule has 14 heteroatoms. The highest BCUT2D eigenvalue weighted by molar-refractivity contribution is 9.09. The summed E-state index contributed by atoms with van der Waals surface area (Å²) in [6.07, 6.45) is 1.67. The summed E-state index contributed by atoms with van der Waals surface area (Å²) in [7, 11) is 0. The Morgan fingerprint density at radius 2 is 1.85 bits per heavy atom. The third-order valence-corrected chi connectivity index (χ3v) is 10.4. The van der Waals surface area contributed by atoms with Gasteiger partial charge < -0.3 is 9.52 Å². The van der Waals surface area contributed by atoms with Gasteiger partial charge in [-0.1, -0.05) is 33.6 Å². The second-order valence-corrected chi connectivity index (χ2v) is 12.0.